The van der Waals surface area contributed by atoms with E-state index in [1.54, 1.807) is 0 Å². The van der Waals surface area contributed by atoms with Gasteiger partial charge in [-0.25, -0.2) is 0 Å². The van der Waals surface area contributed by atoms with Gasteiger partial charge >= 0.3 is 5.97 Å². The van der Waals surface area contributed by atoms with Crippen molar-refractivity contribution in [1.29, 1.82) is 0 Å². The van der Waals surface area contributed by atoms with Crippen molar-refractivity contribution in [2.45, 2.75) is 139 Å². The molecule has 2 aliphatic carbocycles. The molecule has 1 saturated carbocycles. The summed E-state index contributed by atoms with van der Waals surface area (Å²) in [6.45, 7) is 7.65. The number of nitrogens with zero attached hydrogens (tertiary/aromatic N) is 1. The summed E-state index contributed by atoms with van der Waals surface area (Å²) in [5.41, 5.74) is 0.184. The van der Waals surface area contributed by atoms with Gasteiger partial charge in [0.25, 0.3) is 0 Å². The third-order valence-corrected chi connectivity index (χ3v) is 10.2. The smallest absolute Gasteiger partial charge is 0.311 e. The molecular weight excluding hydrogens is 502 g/mol. The standard InChI is InChI=1S/C34H49NO5/c1-3-5-6-7-8-9-10-11-12-13-14-15-16-29(37)39-27-18-17-25-24-28-34(38)20-19-26(36)32-33(34,30(25)31(27)40-32)21-23-35(28)22-4-2/h4,17-18,28,32,38H,2-3,5-16,19-24H2,1H3/t28-,32-,33-,34+/m0/s1. The highest BCUT2D eigenvalue weighted by atomic mass is 16.6. The molecule has 4 atom stereocenters. The number of ether oxygens (including phenoxy) is 2. The van der Waals surface area contributed by atoms with Crippen molar-refractivity contribution in [3.05, 3.63) is 35.9 Å². The van der Waals surface area contributed by atoms with Gasteiger partial charge in [0.1, 0.15) is 0 Å². The van der Waals surface area contributed by atoms with Gasteiger partial charge in [0.05, 0.1) is 11.0 Å². The predicted molar refractivity (Wildman–Crippen MR) is 157 cm³/mol. The summed E-state index contributed by atoms with van der Waals surface area (Å²) in [5, 5.41) is 12.3. The normalized spacial score (nSPS) is 28.2. The van der Waals surface area contributed by atoms with Crippen molar-refractivity contribution >= 4 is 11.8 Å². The van der Waals surface area contributed by atoms with Crippen LogP contribution >= 0.6 is 0 Å². The van der Waals surface area contributed by atoms with E-state index in [2.05, 4.69) is 18.4 Å². The zero-order valence-corrected chi connectivity index (χ0v) is 24.6. The van der Waals surface area contributed by atoms with Crippen LogP contribution in [0.15, 0.2) is 24.8 Å². The first kappa shape index (κ1) is 29.3. The molecule has 1 aromatic carbocycles. The van der Waals surface area contributed by atoms with Gasteiger partial charge in [-0.2, -0.15) is 0 Å². The lowest BCUT2D eigenvalue weighted by Gasteiger charge is -2.62. The van der Waals surface area contributed by atoms with Crippen LogP contribution in [0.4, 0.5) is 0 Å². The Morgan fingerprint density at radius 2 is 1.75 bits per heavy atom. The zero-order chi connectivity index (χ0) is 28.2. The van der Waals surface area contributed by atoms with E-state index in [1.165, 1.54) is 57.8 Å². The van der Waals surface area contributed by atoms with E-state index in [0.29, 0.717) is 50.1 Å². The first-order valence-electron chi connectivity index (χ1n) is 16.1. The number of esters is 1. The van der Waals surface area contributed by atoms with Crippen LogP contribution < -0.4 is 9.47 Å². The van der Waals surface area contributed by atoms with Gasteiger partial charge in [-0.3, -0.25) is 14.5 Å². The lowest BCUT2D eigenvalue weighted by atomic mass is 9.49. The maximum Gasteiger partial charge on any atom is 0.311 e. The fourth-order valence-electron chi connectivity index (χ4n) is 8.15. The summed E-state index contributed by atoms with van der Waals surface area (Å²) in [5.74, 6) is 0.692. The molecule has 4 aliphatic rings. The molecule has 2 heterocycles. The Bertz CT molecular complexity index is 1080. The first-order chi connectivity index (χ1) is 19.5. The molecule has 0 radical (unpaired) electrons. The average Bonchev–Trinajstić information content (AvgIpc) is 3.30. The molecule has 1 spiro atoms. The highest BCUT2D eigenvalue weighted by molar-refractivity contribution is 5.90. The Labute approximate surface area is 240 Å². The molecule has 6 nitrogen and oxygen atoms in total. The van der Waals surface area contributed by atoms with E-state index >= 15 is 0 Å². The molecule has 2 bridgehead atoms. The summed E-state index contributed by atoms with van der Waals surface area (Å²) < 4.78 is 12.2. The fourth-order valence-corrected chi connectivity index (χ4v) is 8.15. The van der Waals surface area contributed by atoms with E-state index in [1.807, 2.05) is 18.2 Å². The van der Waals surface area contributed by atoms with Crippen molar-refractivity contribution in [3.63, 3.8) is 0 Å². The molecule has 6 heteroatoms. The number of Topliss-reactive ketones (excluding diaryl/α,β-unsaturated/α-hetero) is 1. The average molecular weight is 552 g/mol. The Hall–Kier alpha value is -2.18. The molecule has 40 heavy (non-hydrogen) atoms. The number of hydrogen-bond donors (Lipinski definition) is 1. The molecule has 1 saturated heterocycles. The largest absolute Gasteiger partial charge is 0.477 e. The molecule has 2 fully saturated rings. The van der Waals surface area contributed by atoms with Crippen molar-refractivity contribution < 1.29 is 24.2 Å². The summed E-state index contributed by atoms with van der Waals surface area (Å²) in [7, 11) is 0. The van der Waals surface area contributed by atoms with Crippen molar-refractivity contribution in [1.82, 2.24) is 4.90 Å². The number of benzene rings is 1. The molecule has 0 amide bonds. The molecule has 1 aromatic rings. The minimum atomic E-state index is -1.05. The molecule has 220 valence electrons. The van der Waals surface area contributed by atoms with E-state index in [-0.39, 0.29) is 17.8 Å². The maximum absolute atomic E-state index is 13.2. The Morgan fingerprint density at radius 1 is 1.07 bits per heavy atom. The van der Waals surface area contributed by atoms with Crippen molar-refractivity contribution in [2.24, 2.45) is 0 Å². The van der Waals surface area contributed by atoms with Crippen LogP contribution in [0.2, 0.25) is 0 Å². The Balaban J connectivity index is 1.16. The summed E-state index contributed by atoms with van der Waals surface area (Å²) in [6.07, 6.45) is 18.6. The molecular formula is C34H49NO5. The van der Waals surface area contributed by atoms with Gasteiger partial charge in [0.2, 0.25) is 0 Å². The summed E-state index contributed by atoms with van der Waals surface area (Å²) >= 11 is 0. The number of unbranched alkanes of at least 4 members (excludes halogenated alkanes) is 11. The van der Waals surface area contributed by atoms with Gasteiger partial charge in [-0.15, -0.1) is 6.58 Å². The lowest BCUT2D eigenvalue weighted by molar-refractivity contribution is -0.187. The zero-order valence-electron chi connectivity index (χ0n) is 24.6. The number of carbonyl (C=O) groups excluding carboxylic acids is 2. The second-order valence-corrected chi connectivity index (χ2v) is 12.7. The molecule has 0 unspecified atom stereocenters. The minimum absolute atomic E-state index is 0.0402. The summed E-state index contributed by atoms with van der Waals surface area (Å²) in [4.78, 5) is 28.3. The quantitative estimate of drug-likeness (QED) is 0.108. The van der Waals surface area contributed by atoms with E-state index in [4.69, 9.17) is 9.47 Å². The van der Waals surface area contributed by atoms with Gasteiger partial charge in [-0.05, 0) is 37.3 Å². The van der Waals surface area contributed by atoms with Crippen LogP contribution in [-0.4, -0.2) is 52.6 Å². The Kier molecular flexibility index (Phi) is 9.36. The topological polar surface area (TPSA) is 76.1 Å². The maximum atomic E-state index is 13.2. The lowest BCUT2D eigenvalue weighted by Crippen LogP contribution is -2.76. The summed E-state index contributed by atoms with van der Waals surface area (Å²) in [6, 6.07) is 3.75. The van der Waals surface area contributed by atoms with Crippen LogP contribution in [0.25, 0.3) is 0 Å². The van der Waals surface area contributed by atoms with Crippen molar-refractivity contribution in [3.8, 4) is 11.5 Å². The fraction of sp³-hybridized carbons (Fsp3) is 0.706. The SMILES string of the molecule is C=CCN1CC[C@]23c4c5ccc(OC(=O)CCCCCCCCCCCCCC)c4O[C@H]2C(=O)CC[C@@]3(O)[C@@H]1C5. The number of likely N-dealkylation sites (tertiary alicyclic amines) is 1. The van der Waals surface area contributed by atoms with Crippen LogP contribution in [0, 0.1) is 0 Å². The van der Waals surface area contributed by atoms with Gasteiger partial charge in [0.15, 0.2) is 23.4 Å². The second kappa shape index (κ2) is 12.8. The van der Waals surface area contributed by atoms with E-state index in [9.17, 15) is 14.7 Å². The number of ketones is 1. The third kappa shape index (κ3) is 5.27. The van der Waals surface area contributed by atoms with E-state index < -0.39 is 17.1 Å². The van der Waals surface area contributed by atoms with E-state index in [0.717, 1.165) is 36.9 Å². The van der Waals surface area contributed by atoms with Gasteiger partial charge in [0, 0.05) is 37.5 Å². The van der Waals surface area contributed by atoms with Gasteiger partial charge < -0.3 is 14.6 Å². The van der Waals surface area contributed by atoms with Crippen LogP contribution in [0.5, 0.6) is 11.5 Å². The number of rotatable bonds is 16. The molecule has 2 aliphatic heterocycles. The molecule has 5 rings (SSSR count). The highest BCUT2D eigenvalue weighted by Gasteiger charge is 2.73. The number of aliphatic hydroxyl groups is 1. The van der Waals surface area contributed by atoms with Crippen LogP contribution in [0.1, 0.15) is 121 Å². The van der Waals surface area contributed by atoms with Crippen LogP contribution in [-0.2, 0) is 21.4 Å². The molecule has 0 aromatic heterocycles. The second-order valence-electron chi connectivity index (χ2n) is 12.7. The number of carbonyl (C=O) groups is 2. The molecule has 1 N–H and O–H groups in total. The first-order valence-corrected chi connectivity index (χ1v) is 16.1. The minimum Gasteiger partial charge on any atom is -0.477 e. The van der Waals surface area contributed by atoms with Crippen molar-refractivity contribution in [2.75, 3.05) is 13.1 Å². The predicted octanol–water partition coefficient (Wildman–Crippen LogP) is 6.59. The Morgan fingerprint density at radius 3 is 2.42 bits per heavy atom. The monoisotopic (exact) mass is 551 g/mol. The van der Waals surface area contributed by atoms with Crippen LogP contribution in [0.3, 0.4) is 0 Å². The van der Waals surface area contributed by atoms with Gasteiger partial charge in [-0.1, -0.05) is 89.7 Å². The number of piperidine rings is 1. The highest BCUT2D eigenvalue weighted by Crippen LogP contribution is 2.64. The third-order valence-electron chi connectivity index (χ3n) is 10.2. The number of hydrogen-bond acceptors (Lipinski definition) is 6.